The fraction of sp³-hybridized carbons (Fsp3) is 0.933. The monoisotopic (exact) mass is 266 g/mol. The van der Waals surface area contributed by atoms with Crippen LogP contribution in [0.15, 0.2) is 4.99 Å². The number of hydrogen-bond donors (Lipinski definition) is 1. The minimum atomic E-state index is 0.620. The molecular formula is C15H26N2S. The number of nitrogens with one attached hydrogen (secondary N) is 1. The maximum absolute atomic E-state index is 4.95. The zero-order valence-electron chi connectivity index (χ0n) is 11.5. The number of rotatable bonds is 2. The number of nitrogens with zero attached hydrogens (tertiary/aromatic N) is 1. The van der Waals surface area contributed by atoms with Gasteiger partial charge in [0, 0.05) is 11.8 Å². The van der Waals surface area contributed by atoms with Crippen LogP contribution in [0.1, 0.15) is 58.3 Å². The van der Waals surface area contributed by atoms with E-state index < -0.39 is 0 Å². The average molecular weight is 266 g/mol. The van der Waals surface area contributed by atoms with Gasteiger partial charge in [-0.2, -0.15) is 0 Å². The highest BCUT2D eigenvalue weighted by Crippen LogP contribution is 2.35. The fourth-order valence-corrected chi connectivity index (χ4v) is 5.02. The maximum Gasteiger partial charge on any atom is 0.157 e. The van der Waals surface area contributed by atoms with E-state index in [2.05, 4.69) is 12.2 Å². The molecule has 0 aromatic heterocycles. The second-order valence-corrected chi connectivity index (χ2v) is 7.34. The molecule has 0 saturated heterocycles. The van der Waals surface area contributed by atoms with Crippen molar-refractivity contribution in [1.82, 2.24) is 5.32 Å². The lowest BCUT2D eigenvalue weighted by atomic mass is 9.85. The van der Waals surface area contributed by atoms with E-state index >= 15 is 0 Å². The maximum atomic E-state index is 4.95. The Balaban J connectivity index is 1.55. The standard InChI is InChI=1S/C15H26N2S/c1-11(12-6-3-2-4-7-12)16-15-17-14-9-5-8-13(14)10-18-15/h11-14H,2-10H2,1H3,(H,16,17). The first-order valence-electron chi connectivity index (χ1n) is 7.80. The molecule has 1 N–H and O–H groups in total. The quantitative estimate of drug-likeness (QED) is 0.822. The highest BCUT2D eigenvalue weighted by Gasteiger charge is 2.31. The first-order valence-corrected chi connectivity index (χ1v) is 8.78. The van der Waals surface area contributed by atoms with Crippen LogP contribution in [0.3, 0.4) is 0 Å². The van der Waals surface area contributed by atoms with Gasteiger partial charge in [0.15, 0.2) is 5.17 Å². The van der Waals surface area contributed by atoms with Crippen LogP contribution >= 0.6 is 11.8 Å². The van der Waals surface area contributed by atoms with E-state index in [1.807, 2.05) is 11.8 Å². The van der Waals surface area contributed by atoms with Gasteiger partial charge in [-0.15, -0.1) is 0 Å². The van der Waals surface area contributed by atoms with E-state index in [1.165, 1.54) is 62.3 Å². The Morgan fingerprint density at radius 3 is 2.78 bits per heavy atom. The molecule has 1 heterocycles. The van der Waals surface area contributed by atoms with Crippen molar-refractivity contribution < 1.29 is 0 Å². The number of fused-ring (bicyclic) bond motifs is 1. The number of aliphatic imine (C=N–C) groups is 1. The zero-order chi connectivity index (χ0) is 12.4. The summed E-state index contributed by atoms with van der Waals surface area (Å²) in [5, 5.41) is 4.96. The van der Waals surface area contributed by atoms with Crippen LogP contribution in [0.4, 0.5) is 0 Å². The van der Waals surface area contributed by atoms with Gasteiger partial charge < -0.3 is 5.32 Å². The van der Waals surface area contributed by atoms with Gasteiger partial charge in [-0.3, -0.25) is 4.99 Å². The third-order valence-electron chi connectivity index (χ3n) is 5.04. The molecule has 2 nitrogen and oxygen atoms in total. The Labute approximate surface area is 115 Å². The molecule has 1 aliphatic heterocycles. The molecule has 18 heavy (non-hydrogen) atoms. The van der Waals surface area contributed by atoms with Crippen molar-refractivity contribution in [1.29, 1.82) is 0 Å². The molecule has 0 radical (unpaired) electrons. The minimum absolute atomic E-state index is 0.620. The lowest BCUT2D eigenvalue weighted by molar-refractivity contribution is 0.302. The topological polar surface area (TPSA) is 24.4 Å². The lowest BCUT2D eigenvalue weighted by Gasteiger charge is -2.31. The second-order valence-electron chi connectivity index (χ2n) is 6.33. The predicted molar refractivity (Wildman–Crippen MR) is 80.2 cm³/mol. The van der Waals surface area contributed by atoms with Gasteiger partial charge in [0.2, 0.25) is 0 Å². The fourth-order valence-electron chi connectivity index (χ4n) is 3.78. The van der Waals surface area contributed by atoms with Crippen LogP contribution in [0.5, 0.6) is 0 Å². The molecule has 3 rings (SSSR count). The molecule has 2 aliphatic carbocycles. The van der Waals surface area contributed by atoms with Gasteiger partial charge in [-0.25, -0.2) is 0 Å². The van der Waals surface area contributed by atoms with E-state index in [1.54, 1.807) is 0 Å². The SMILES string of the molecule is CC(NC1=NC2CCCC2CS1)C1CCCCC1. The summed E-state index contributed by atoms with van der Waals surface area (Å²) in [7, 11) is 0. The van der Waals surface area contributed by atoms with Crippen LogP contribution in [-0.2, 0) is 0 Å². The van der Waals surface area contributed by atoms with Crippen molar-refractivity contribution in [2.45, 2.75) is 70.4 Å². The summed E-state index contributed by atoms with van der Waals surface area (Å²) in [5.41, 5.74) is 0. The van der Waals surface area contributed by atoms with Crippen molar-refractivity contribution in [2.24, 2.45) is 16.8 Å². The van der Waals surface area contributed by atoms with Gasteiger partial charge in [-0.05, 0) is 44.4 Å². The van der Waals surface area contributed by atoms with Gasteiger partial charge in [0.1, 0.15) is 0 Å². The Bertz CT molecular complexity index is 310. The zero-order valence-corrected chi connectivity index (χ0v) is 12.3. The van der Waals surface area contributed by atoms with E-state index in [0.717, 1.165) is 11.8 Å². The molecular weight excluding hydrogens is 240 g/mol. The summed E-state index contributed by atoms with van der Waals surface area (Å²) < 4.78 is 0. The van der Waals surface area contributed by atoms with Crippen LogP contribution in [0.2, 0.25) is 0 Å². The summed E-state index contributed by atoms with van der Waals surface area (Å²) in [6.45, 7) is 2.36. The molecule has 3 aliphatic rings. The Morgan fingerprint density at radius 1 is 1.11 bits per heavy atom. The van der Waals surface area contributed by atoms with Crippen molar-refractivity contribution in [3.05, 3.63) is 0 Å². The Morgan fingerprint density at radius 2 is 1.94 bits per heavy atom. The summed E-state index contributed by atoms with van der Waals surface area (Å²) in [5.74, 6) is 3.06. The summed E-state index contributed by atoms with van der Waals surface area (Å²) >= 11 is 1.97. The molecule has 3 atom stereocenters. The average Bonchev–Trinajstić information content (AvgIpc) is 2.87. The van der Waals surface area contributed by atoms with E-state index in [0.29, 0.717) is 12.1 Å². The number of thioether (sulfide) groups is 1. The molecule has 0 aromatic carbocycles. The third-order valence-corrected chi connectivity index (χ3v) is 6.14. The van der Waals surface area contributed by atoms with Gasteiger partial charge >= 0.3 is 0 Å². The minimum Gasteiger partial charge on any atom is -0.362 e. The molecule has 0 spiro atoms. The molecule has 3 heteroatoms. The van der Waals surface area contributed by atoms with Gasteiger partial charge in [-0.1, -0.05) is 37.4 Å². The van der Waals surface area contributed by atoms with Crippen LogP contribution in [-0.4, -0.2) is 23.0 Å². The van der Waals surface area contributed by atoms with Gasteiger partial charge in [0.25, 0.3) is 0 Å². The van der Waals surface area contributed by atoms with Crippen molar-refractivity contribution in [2.75, 3.05) is 5.75 Å². The van der Waals surface area contributed by atoms with E-state index in [9.17, 15) is 0 Å². The first-order chi connectivity index (χ1) is 8.83. The van der Waals surface area contributed by atoms with Crippen LogP contribution in [0, 0.1) is 11.8 Å². The third kappa shape index (κ3) is 2.87. The summed E-state index contributed by atoms with van der Waals surface area (Å²) in [6, 6.07) is 1.27. The van der Waals surface area contributed by atoms with E-state index in [4.69, 9.17) is 4.99 Å². The largest absolute Gasteiger partial charge is 0.362 e. The highest BCUT2D eigenvalue weighted by molar-refractivity contribution is 8.13. The number of hydrogen-bond acceptors (Lipinski definition) is 3. The van der Waals surface area contributed by atoms with Gasteiger partial charge in [0.05, 0.1) is 6.04 Å². The molecule has 3 unspecified atom stereocenters. The molecule has 0 bridgehead atoms. The molecule has 0 amide bonds. The Kier molecular flexibility index (Phi) is 4.17. The normalized spacial score (nSPS) is 34.8. The molecule has 2 fully saturated rings. The molecule has 2 saturated carbocycles. The van der Waals surface area contributed by atoms with Crippen molar-refractivity contribution >= 4 is 16.9 Å². The highest BCUT2D eigenvalue weighted by atomic mass is 32.2. The summed E-state index contributed by atoms with van der Waals surface area (Å²) in [4.78, 5) is 4.95. The molecule has 102 valence electrons. The Hall–Kier alpha value is -0.180. The van der Waals surface area contributed by atoms with Crippen LogP contribution < -0.4 is 5.32 Å². The van der Waals surface area contributed by atoms with Crippen molar-refractivity contribution in [3.8, 4) is 0 Å². The van der Waals surface area contributed by atoms with E-state index in [-0.39, 0.29) is 0 Å². The summed E-state index contributed by atoms with van der Waals surface area (Å²) in [6.07, 6.45) is 11.3. The lowest BCUT2D eigenvalue weighted by Crippen LogP contribution is -2.40. The second kappa shape index (κ2) is 5.85. The van der Waals surface area contributed by atoms with Crippen molar-refractivity contribution in [3.63, 3.8) is 0 Å². The molecule has 0 aromatic rings. The predicted octanol–water partition coefficient (Wildman–Crippen LogP) is 3.82. The number of amidine groups is 1. The smallest absolute Gasteiger partial charge is 0.157 e. The van der Waals surface area contributed by atoms with Crippen LogP contribution in [0.25, 0.3) is 0 Å². The first kappa shape index (κ1) is 12.8.